The van der Waals surface area contributed by atoms with Crippen molar-refractivity contribution >= 4 is 5.97 Å². The van der Waals surface area contributed by atoms with Crippen LogP contribution in [-0.2, 0) is 4.74 Å². The highest BCUT2D eigenvalue weighted by atomic mass is 16.5. The highest BCUT2D eigenvalue weighted by Gasteiger charge is 2.40. The number of nitrogens with zero attached hydrogens (tertiary/aromatic N) is 5. The van der Waals surface area contributed by atoms with Crippen LogP contribution in [0.4, 0.5) is 0 Å². The van der Waals surface area contributed by atoms with Gasteiger partial charge in [0.25, 0.3) is 0 Å². The number of hydrogen-bond donors (Lipinski definition) is 0. The van der Waals surface area contributed by atoms with Gasteiger partial charge in [-0.3, -0.25) is 9.97 Å². The minimum atomic E-state index is -0.544. The first kappa shape index (κ1) is 19.7. The summed E-state index contributed by atoms with van der Waals surface area (Å²) in [4.78, 5) is 33.1. The minimum Gasteiger partial charge on any atom is -0.495 e. The zero-order chi connectivity index (χ0) is 21.1. The first-order valence-electron chi connectivity index (χ1n) is 9.46. The number of carbonyl (C=O) groups is 1. The molecule has 4 rings (SSSR count). The lowest BCUT2D eigenvalue weighted by Gasteiger charge is -2.10. The van der Waals surface area contributed by atoms with Gasteiger partial charge in [0.2, 0.25) is 5.88 Å². The third kappa shape index (κ3) is 4.19. The van der Waals surface area contributed by atoms with Gasteiger partial charge in [-0.1, -0.05) is 0 Å². The molecule has 0 radical (unpaired) electrons. The first-order valence-corrected chi connectivity index (χ1v) is 9.46. The van der Waals surface area contributed by atoms with E-state index in [9.17, 15) is 4.79 Å². The van der Waals surface area contributed by atoms with E-state index in [1.807, 2.05) is 12.1 Å². The van der Waals surface area contributed by atoms with Crippen molar-refractivity contribution in [2.75, 3.05) is 20.8 Å². The second kappa shape index (κ2) is 8.40. The molecule has 0 aliphatic heterocycles. The first-order chi connectivity index (χ1) is 14.6. The van der Waals surface area contributed by atoms with Crippen molar-refractivity contribution in [2.45, 2.75) is 19.3 Å². The Bertz CT molecular complexity index is 1040. The second-order valence-corrected chi connectivity index (χ2v) is 6.95. The van der Waals surface area contributed by atoms with Gasteiger partial charge in [0.05, 0.1) is 50.7 Å². The highest BCUT2D eigenvalue weighted by molar-refractivity contribution is 5.86. The van der Waals surface area contributed by atoms with Gasteiger partial charge >= 0.3 is 5.97 Å². The van der Waals surface area contributed by atoms with Gasteiger partial charge in [0, 0.05) is 23.7 Å². The van der Waals surface area contributed by atoms with Crippen molar-refractivity contribution in [3.8, 4) is 22.9 Å². The smallest absolute Gasteiger partial charge is 0.358 e. The van der Waals surface area contributed by atoms with E-state index < -0.39 is 5.97 Å². The number of ether oxygens (including phenoxy) is 3. The molecule has 1 fully saturated rings. The van der Waals surface area contributed by atoms with Crippen molar-refractivity contribution in [1.29, 1.82) is 0 Å². The molecule has 3 heterocycles. The molecule has 154 valence electrons. The average molecular weight is 407 g/mol. The molecule has 3 aromatic heterocycles. The minimum absolute atomic E-state index is 0.129. The van der Waals surface area contributed by atoms with Crippen molar-refractivity contribution < 1.29 is 19.0 Å². The van der Waals surface area contributed by atoms with Crippen LogP contribution in [0.5, 0.6) is 11.6 Å². The SMILES string of the molecule is COC(=O)c1cnc(-c2cnc(C)nc2OC[C@H]2C[C@@H]2c2ccc(OC)cn2)cn1. The summed E-state index contributed by atoms with van der Waals surface area (Å²) in [7, 11) is 2.92. The van der Waals surface area contributed by atoms with Crippen LogP contribution in [0.1, 0.15) is 34.3 Å². The molecule has 3 aromatic rings. The molecule has 2 atom stereocenters. The van der Waals surface area contributed by atoms with E-state index in [0.29, 0.717) is 41.4 Å². The Kier molecular flexibility index (Phi) is 5.51. The zero-order valence-corrected chi connectivity index (χ0v) is 16.9. The molecule has 0 N–H and O–H groups in total. The van der Waals surface area contributed by atoms with E-state index >= 15 is 0 Å². The molecule has 0 spiro atoms. The predicted octanol–water partition coefficient (Wildman–Crippen LogP) is 2.61. The lowest BCUT2D eigenvalue weighted by molar-refractivity contribution is 0.0593. The molecule has 0 amide bonds. The standard InChI is InChI=1S/C21H21N5O4/c1-12-22-8-16(18-9-25-19(10-24-18)21(27)29-3)20(26-12)30-11-13-6-15(13)17-5-4-14(28-2)7-23-17/h4-5,7-10,13,15H,6,11H2,1-3H3/t13-,15+/m1/s1. The van der Waals surface area contributed by atoms with Crippen molar-refractivity contribution in [1.82, 2.24) is 24.9 Å². The Morgan fingerprint density at radius 1 is 1.07 bits per heavy atom. The Morgan fingerprint density at radius 3 is 2.60 bits per heavy atom. The molecule has 1 saturated carbocycles. The maximum atomic E-state index is 11.6. The topological polar surface area (TPSA) is 109 Å². The number of esters is 1. The Balaban J connectivity index is 1.46. The molecule has 0 aromatic carbocycles. The van der Waals surface area contributed by atoms with E-state index in [1.165, 1.54) is 19.5 Å². The monoisotopic (exact) mass is 407 g/mol. The van der Waals surface area contributed by atoms with Gasteiger partial charge in [-0.25, -0.2) is 14.8 Å². The highest BCUT2D eigenvalue weighted by Crippen LogP contribution is 2.47. The third-order valence-electron chi connectivity index (χ3n) is 4.93. The average Bonchev–Trinajstić information content (AvgIpc) is 3.57. The quantitative estimate of drug-likeness (QED) is 0.546. The summed E-state index contributed by atoms with van der Waals surface area (Å²) >= 11 is 0. The van der Waals surface area contributed by atoms with E-state index in [0.717, 1.165) is 17.9 Å². The van der Waals surface area contributed by atoms with E-state index in [1.54, 1.807) is 26.4 Å². The zero-order valence-electron chi connectivity index (χ0n) is 16.9. The van der Waals surface area contributed by atoms with E-state index in [4.69, 9.17) is 9.47 Å². The molecule has 9 nitrogen and oxygen atoms in total. The molecule has 9 heteroatoms. The van der Waals surface area contributed by atoms with Crippen molar-refractivity contribution in [2.24, 2.45) is 5.92 Å². The van der Waals surface area contributed by atoms with Crippen LogP contribution in [0, 0.1) is 12.8 Å². The van der Waals surface area contributed by atoms with Gasteiger partial charge < -0.3 is 14.2 Å². The summed E-state index contributed by atoms with van der Waals surface area (Å²) in [6, 6.07) is 3.91. The maximum Gasteiger partial charge on any atom is 0.358 e. The lowest BCUT2D eigenvalue weighted by Crippen LogP contribution is -2.07. The molecule has 0 unspecified atom stereocenters. The number of methoxy groups -OCH3 is 2. The fraction of sp³-hybridized carbons (Fsp3) is 0.333. The van der Waals surface area contributed by atoms with Crippen LogP contribution >= 0.6 is 0 Å². The predicted molar refractivity (Wildman–Crippen MR) is 106 cm³/mol. The van der Waals surface area contributed by atoms with Crippen LogP contribution in [0.2, 0.25) is 0 Å². The van der Waals surface area contributed by atoms with Crippen LogP contribution in [0.3, 0.4) is 0 Å². The van der Waals surface area contributed by atoms with Gasteiger partial charge in [0.1, 0.15) is 11.6 Å². The Hall–Kier alpha value is -3.62. The molecule has 1 aliphatic rings. The van der Waals surface area contributed by atoms with Gasteiger partial charge in [0.15, 0.2) is 5.69 Å². The number of carbonyl (C=O) groups excluding carboxylic acids is 1. The summed E-state index contributed by atoms with van der Waals surface area (Å²) in [5.41, 5.74) is 2.29. The fourth-order valence-corrected chi connectivity index (χ4v) is 3.12. The summed E-state index contributed by atoms with van der Waals surface area (Å²) in [5.74, 6) is 1.96. The number of hydrogen-bond acceptors (Lipinski definition) is 9. The van der Waals surface area contributed by atoms with Crippen LogP contribution in [0.15, 0.2) is 36.9 Å². The summed E-state index contributed by atoms with van der Waals surface area (Å²) in [6.45, 7) is 2.30. The normalized spacial score (nSPS) is 17.3. The molecule has 0 bridgehead atoms. The maximum absolute atomic E-state index is 11.6. The number of aromatic nitrogens is 5. The van der Waals surface area contributed by atoms with E-state index in [-0.39, 0.29) is 5.69 Å². The summed E-state index contributed by atoms with van der Waals surface area (Å²) in [5, 5.41) is 0. The van der Waals surface area contributed by atoms with Crippen molar-refractivity contribution in [3.05, 3.63) is 54.1 Å². The number of pyridine rings is 1. The molecular formula is C21H21N5O4. The molecular weight excluding hydrogens is 386 g/mol. The fourth-order valence-electron chi connectivity index (χ4n) is 3.12. The van der Waals surface area contributed by atoms with Crippen LogP contribution in [-0.4, -0.2) is 51.7 Å². The molecule has 30 heavy (non-hydrogen) atoms. The summed E-state index contributed by atoms with van der Waals surface area (Å²) < 4.78 is 15.8. The van der Waals surface area contributed by atoms with Gasteiger partial charge in [-0.15, -0.1) is 0 Å². The lowest BCUT2D eigenvalue weighted by atomic mass is 10.2. The largest absolute Gasteiger partial charge is 0.495 e. The van der Waals surface area contributed by atoms with Crippen LogP contribution < -0.4 is 9.47 Å². The van der Waals surface area contributed by atoms with E-state index in [2.05, 4.69) is 29.7 Å². The molecule has 0 saturated heterocycles. The third-order valence-corrected chi connectivity index (χ3v) is 4.93. The number of aryl methyl sites for hydroxylation is 1. The second-order valence-electron chi connectivity index (χ2n) is 6.95. The van der Waals surface area contributed by atoms with Gasteiger partial charge in [-0.05, 0) is 25.5 Å². The van der Waals surface area contributed by atoms with Crippen LogP contribution in [0.25, 0.3) is 11.3 Å². The number of rotatable bonds is 7. The Labute approximate surface area is 173 Å². The van der Waals surface area contributed by atoms with Gasteiger partial charge in [-0.2, -0.15) is 4.98 Å². The molecule has 1 aliphatic carbocycles. The Morgan fingerprint density at radius 2 is 1.93 bits per heavy atom. The van der Waals surface area contributed by atoms with Crippen molar-refractivity contribution in [3.63, 3.8) is 0 Å². The summed E-state index contributed by atoms with van der Waals surface area (Å²) in [6.07, 6.45) is 7.22.